The Hall–Kier alpha value is -2.82. The molecular formula is C21H29N4O5S+. The van der Waals surface area contributed by atoms with E-state index in [0.29, 0.717) is 12.0 Å². The predicted octanol–water partition coefficient (Wildman–Crippen LogP) is 2.02. The van der Waals surface area contributed by atoms with Crippen molar-refractivity contribution in [1.82, 2.24) is 10.2 Å². The van der Waals surface area contributed by atoms with Crippen molar-refractivity contribution in [3.05, 3.63) is 53.5 Å². The van der Waals surface area contributed by atoms with Crippen molar-refractivity contribution in [1.29, 1.82) is 0 Å². The van der Waals surface area contributed by atoms with E-state index >= 15 is 0 Å². The number of sulfonamides is 1. The first-order chi connectivity index (χ1) is 14.3. The monoisotopic (exact) mass is 449 g/mol. The SMILES string of the molecule is CCC=CC=C(C)CC(C)(N)c1nnc(-c2cc(C(=O)O)cc([NH+](C)S(C)(=O)=O)c2)o1. The molecule has 0 aliphatic heterocycles. The van der Waals surface area contributed by atoms with Gasteiger partial charge in [-0.1, -0.05) is 30.7 Å². The van der Waals surface area contributed by atoms with Crippen molar-refractivity contribution in [2.24, 2.45) is 5.73 Å². The number of nitrogens with zero attached hydrogens (tertiary/aromatic N) is 2. The first-order valence-corrected chi connectivity index (χ1v) is 11.6. The number of carboxylic acids is 1. The van der Waals surface area contributed by atoms with Crippen molar-refractivity contribution in [3.8, 4) is 11.5 Å². The van der Waals surface area contributed by atoms with Gasteiger partial charge in [0.2, 0.25) is 11.8 Å². The summed E-state index contributed by atoms with van der Waals surface area (Å²) in [5.41, 5.74) is 6.95. The Bertz CT molecular complexity index is 1120. The summed E-state index contributed by atoms with van der Waals surface area (Å²) in [6.45, 7) is 5.77. The minimum absolute atomic E-state index is 0.0427. The predicted molar refractivity (Wildman–Crippen MR) is 117 cm³/mol. The highest BCUT2D eigenvalue weighted by atomic mass is 32.2. The third kappa shape index (κ3) is 6.33. The molecule has 1 aromatic heterocycles. The van der Waals surface area contributed by atoms with Crippen LogP contribution in [0.2, 0.25) is 0 Å². The van der Waals surface area contributed by atoms with Gasteiger partial charge in [0.05, 0.1) is 24.4 Å². The lowest BCUT2D eigenvalue weighted by Crippen LogP contribution is -3.05. The highest BCUT2D eigenvalue weighted by molar-refractivity contribution is 7.84. The maximum absolute atomic E-state index is 11.9. The number of nitrogens with two attached hydrogens (primary N) is 1. The van der Waals surface area contributed by atoms with E-state index in [4.69, 9.17) is 10.2 Å². The molecule has 1 aromatic carbocycles. The van der Waals surface area contributed by atoms with Crippen molar-refractivity contribution in [2.45, 2.75) is 39.2 Å². The van der Waals surface area contributed by atoms with Crippen LogP contribution in [0.15, 0.2) is 46.4 Å². The Morgan fingerprint density at radius 2 is 2.00 bits per heavy atom. The van der Waals surface area contributed by atoms with Crippen molar-refractivity contribution in [2.75, 3.05) is 13.3 Å². The Balaban J connectivity index is 2.43. The second-order valence-corrected chi connectivity index (χ2v) is 9.95. The van der Waals surface area contributed by atoms with Crippen LogP contribution in [0.5, 0.6) is 0 Å². The Kier molecular flexibility index (Phi) is 7.53. The average Bonchev–Trinajstić information content (AvgIpc) is 3.17. The Morgan fingerprint density at radius 1 is 1.32 bits per heavy atom. The van der Waals surface area contributed by atoms with Crippen LogP contribution in [0.25, 0.3) is 11.5 Å². The quantitative estimate of drug-likeness (QED) is 0.494. The van der Waals surface area contributed by atoms with Crippen LogP contribution in [0.1, 0.15) is 49.9 Å². The highest BCUT2D eigenvalue weighted by Crippen LogP contribution is 2.29. The molecule has 2 aromatic rings. The molecule has 0 spiro atoms. The molecule has 2 unspecified atom stereocenters. The zero-order chi connectivity index (χ0) is 23.4. The highest BCUT2D eigenvalue weighted by Gasteiger charge is 2.29. The second-order valence-electron chi connectivity index (χ2n) is 7.79. The van der Waals surface area contributed by atoms with Crippen molar-refractivity contribution < 1.29 is 27.0 Å². The van der Waals surface area contributed by atoms with E-state index in [-0.39, 0.29) is 27.3 Å². The largest absolute Gasteiger partial charge is 0.478 e. The fourth-order valence-corrected chi connectivity index (χ4v) is 3.49. The lowest BCUT2D eigenvalue weighted by molar-refractivity contribution is -0.662. The number of quaternary nitrogens is 1. The Labute approximate surface area is 182 Å². The van der Waals surface area contributed by atoms with Crippen LogP contribution in [-0.4, -0.2) is 43.0 Å². The standard InChI is InChI=1S/C21H28N4O5S/c1-6-7-8-9-14(2)13-21(3,22)20-24-23-18(30-20)15-10-16(19(26)27)12-17(11-15)25(4)31(5,28)29/h7-12H,6,13,22H2,1-5H3,(H,26,27)/p+1. The third-order valence-corrected chi connectivity index (χ3v) is 6.05. The number of nitrogens with one attached hydrogen (secondary N) is 1. The number of rotatable bonds is 9. The summed E-state index contributed by atoms with van der Waals surface area (Å²) in [5.74, 6) is -0.945. The van der Waals surface area contributed by atoms with E-state index in [0.717, 1.165) is 18.2 Å². The summed E-state index contributed by atoms with van der Waals surface area (Å²) in [5, 5.41) is 17.5. The molecule has 2 atom stereocenters. The minimum atomic E-state index is -3.51. The Morgan fingerprint density at radius 3 is 2.58 bits per heavy atom. The van der Waals surface area contributed by atoms with Gasteiger partial charge >= 0.3 is 5.97 Å². The number of benzene rings is 1. The summed E-state index contributed by atoms with van der Waals surface area (Å²) in [7, 11) is -2.10. The number of carbonyl (C=O) groups is 1. The maximum atomic E-state index is 11.9. The lowest BCUT2D eigenvalue weighted by Gasteiger charge is -2.20. The van der Waals surface area contributed by atoms with Gasteiger partial charge in [0.1, 0.15) is 5.69 Å². The minimum Gasteiger partial charge on any atom is -0.478 e. The van der Waals surface area contributed by atoms with Crippen LogP contribution in [0.4, 0.5) is 5.69 Å². The molecule has 1 heterocycles. The molecule has 31 heavy (non-hydrogen) atoms. The summed E-state index contributed by atoms with van der Waals surface area (Å²) >= 11 is 0. The van der Waals surface area contributed by atoms with Crippen molar-refractivity contribution >= 4 is 21.7 Å². The van der Waals surface area contributed by atoms with Crippen LogP contribution < -0.4 is 10.0 Å². The van der Waals surface area contributed by atoms with Gasteiger partial charge in [0.25, 0.3) is 10.0 Å². The number of hydrogen-bond donors (Lipinski definition) is 3. The van der Waals surface area contributed by atoms with Gasteiger partial charge < -0.3 is 15.3 Å². The molecule has 0 saturated heterocycles. The lowest BCUT2D eigenvalue weighted by atomic mass is 9.94. The number of aromatic carboxylic acids is 1. The van der Waals surface area contributed by atoms with E-state index in [9.17, 15) is 18.3 Å². The van der Waals surface area contributed by atoms with Gasteiger partial charge in [-0.15, -0.1) is 10.2 Å². The first-order valence-electron chi connectivity index (χ1n) is 9.73. The molecule has 0 radical (unpaired) electrons. The van der Waals surface area contributed by atoms with Crippen molar-refractivity contribution in [3.63, 3.8) is 0 Å². The molecule has 4 N–H and O–H groups in total. The van der Waals surface area contributed by atoms with E-state index < -0.39 is 21.5 Å². The van der Waals surface area contributed by atoms with Crippen LogP contribution >= 0.6 is 0 Å². The number of hydrogen-bond acceptors (Lipinski definition) is 7. The van der Waals surface area contributed by atoms with E-state index in [1.165, 1.54) is 25.2 Å². The number of aromatic nitrogens is 2. The van der Waals surface area contributed by atoms with Crippen LogP contribution in [0, 0.1) is 0 Å². The molecule has 9 nitrogen and oxygen atoms in total. The third-order valence-electron chi connectivity index (χ3n) is 4.70. The molecule has 0 fully saturated rings. The fourth-order valence-electron chi connectivity index (χ4n) is 2.94. The normalized spacial score (nSPS) is 15.7. The molecule has 0 aliphatic carbocycles. The van der Waals surface area contributed by atoms with Crippen LogP contribution in [0.3, 0.4) is 0 Å². The topological polar surface area (TPSA) is 141 Å². The molecule has 168 valence electrons. The maximum Gasteiger partial charge on any atom is 0.335 e. The van der Waals surface area contributed by atoms with Gasteiger partial charge in [0, 0.05) is 17.7 Å². The van der Waals surface area contributed by atoms with Gasteiger partial charge in [-0.3, -0.25) is 0 Å². The molecule has 0 saturated carbocycles. The van der Waals surface area contributed by atoms with Gasteiger partial charge in [-0.2, -0.15) is 8.42 Å². The zero-order valence-electron chi connectivity index (χ0n) is 18.3. The van der Waals surface area contributed by atoms with Gasteiger partial charge in [-0.05, 0) is 32.8 Å². The smallest absolute Gasteiger partial charge is 0.335 e. The number of carboxylic acid groups (broad SMARTS) is 1. The molecule has 0 amide bonds. The molecular weight excluding hydrogens is 420 g/mol. The van der Waals surface area contributed by atoms with Gasteiger partial charge in [-0.25, -0.2) is 9.10 Å². The molecule has 0 bridgehead atoms. The summed E-state index contributed by atoms with van der Waals surface area (Å²) < 4.78 is 29.7. The molecule has 0 aliphatic rings. The van der Waals surface area contributed by atoms with E-state index in [2.05, 4.69) is 10.2 Å². The van der Waals surface area contributed by atoms with Gasteiger partial charge in [0.15, 0.2) is 0 Å². The molecule has 2 rings (SSSR count). The summed E-state index contributed by atoms with van der Waals surface area (Å²) in [4.78, 5) is 11.5. The van der Waals surface area contributed by atoms with E-state index in [1.807, 2.05) is 32.1 Å². The van der Waals surface area contributed by atoms with E-state index in [1.54, 1.807) is 6.92 Å². The summed E-state index contributed by atoms with van der Waals surface area (Å²) in [6, 6.07) is 4.16. The average molecular weight is 450 g/mol. The molecule has 10 heteroatoms. The second kappa shape index (κ2) is 9.54. The summed E-state index contributed by atoms with van der Waals surface area (Å²) in [6.07, 6.45) is 8.44. The van der Waals surface area contributed by atoms with Crippen LogP contribution in [-0.2, 0) is 15.6 Å². The zero-order valence-corrected chi connectivity index (χ0v) is 19.2. The number of allylic oxidation sites excluding steroid dienone is 3. The first kappa shape index (κ1) is 24.4. The fraction of sp³-hybridized carbons (Fsp3) is 0.381.